The molecule has 0 heterocycles. The Morgan fingerprint density at radius 2 is 1.41 bits per heavy atom. The summed E-state index contributed by atoms with van der Waals surface area (Å²) in [6.07, 6.45) is 34.0. The van der Waals surface area contributed by atoms with Gasteiger partial charge in [-0.2, -0.15) is 0 Å². The largest absolute Gasteiger partial charge is 0.0816 e. The zero-order chi connectivity index (χ0) is 28.9. The topological polar surface area (TPSA) is 0 Å². The van der Waals surface area contributed by atoms with E-state index in [2.05, 4.69) is 98.8 Å². The highest BCUT2D eigenvalue weighted by atomic mass is 14.3. The molecule has 0 amide bonds. The average Bonchev–Trinajstić information content (AvgIpc) is 2.84. The van der Waals surface area contributed by atoms with Crippen LogP contribution < -0.4 is 0 Å². The molecule has 0 nitrogen and oxygen atoms in total. The molecule has 1 unspecified atom stereocenters. The summed E-state index contributed by atoms with van der Waals surface area (Å²) in [5.74, 6) is 0.869. The van der Waals surface area contributed by atoms with Gasteiger partial charge in [0.05, 0.1) is 0 Å². The summed E-state index contributed by atoms with van der Waals surface area (Å²) < 4.78 is 0. The molecule has 2 rings (SSSR count). The minimum absolute atomic E-state index is 0.315. The summed E-state index contributed by atoms with van der Waals surface area (Å²) in [4.78, 5) is 0. The van der Waals surface area contributed by atoms with Crippen molar-refractivity contribution in [1.82, 2.24) is 0 Å². The van der Waals surface area contributed by atoms with Crippen molar-refractivity contribution in [2.75, 3.05) is 0 Å². The van der Waals surface area contributed by atoms with E-state index < -0.39 is 0 Å². The lowest BCUT2D eigenvalue weighted by atomic mass is 9.70. The first kappa shape index (κ1) is 33.6. The van der Waals surface area contributed by atoms with Crippen LogP contribution in [-0.4, -0.2) is 0 Å². The Hall–Kier alpha value is -1.56. The monoisotopic (exact) mass is 533 g/mol. The van der Waals surface area contributed by atoms with Crippen LogP contribution >= 0.6 is 0 Å². The van der Waals surface area contributed by atoms with Crippen molar-refractivity contribution in [2.24, 2.45) is 16.7 Å². The van der Waals surface area contributed by atoms with E-state index in [9.17, 15) is 0 Å². The van der Waals surface area contributed by atoms with Crippen LogP contribution in [0.4, 0.5) is 0 Å². The predicted molar refractivity (Wildman–Crippen MR) is 177 cm³/mol. The zero-order valence-electron chi connectivity index (χ0n) is 27.6. The third-order valence-electron chi connectivity index (χ3n) is 9.71. The number of rotatable bonds is 15. The standard InChI is InChI=1S/C39H64/c1-31(21-16-22-33(3)26-28-37-35(5)24-18-30-39(37,8)9)19-14-12-10-11-13-15-20-32(2)25-27-36-34(4)23-17-29-38(36,6)7/h16,19,21-22,26,28,32H,10-15,17-18,20,23-25,27,29-30H2,1-9H3/b21-16+,28-26+,31-19+,33-22+. The Balaban J connectivity index is 1.59. The van der Waals surface area contributed by atoms with E-state index in [0.29, 0.717) is 10.8 Å². The van der Waals surface area contributed by atoms with Crippen LogP contribution in [0.1, 0.15) is 159 Å². The highest BCUT2D eigenvalue weighted by Crippen LogP contribution is 2.43. The summed E-state index contributed by atoms with van der Waals surface area (Å²) in [5, 5.41) is 0. The minimum atomic E-state index is 0.315. The number of allylic oxidation sites excluding steroid dienone is 12. The first-order valence-electron chi connectivity index (χ1n) is 16.5. The van der Waals surface area contributed by atoms with Gasteiger partial charge in [0.2, 0.25) is 0 Å². The maximum Gasteiger partial charge on any atom is -0.0104 e. The van der Waals surface area contributed by atoms with Crippen molar-refractivity contribution >= 4 is 0 Å². The minimum Gasteiger partial charge on any atom is -0.0816 e. The van der Waals surface area contributed by atoms with Crippen LogP contribution in [0.5, 0.6) is 0 Å². The Morgan fingerprint density at radius 3 is 2.10 bits per heavy atom. The molecule has 0 N–H and O–H groups in total. The van der Waals surface area contributed by atoms with Crippen LogP contribution in [0.15, 0.2) is 69.9 Å². The second kappa shape index (κ2) is 16.6. The molecule has 0 radical (unpaired) electrons. The normalized spacial score (nSPS) is 21.5. The summed E-state index contributed by atoms with van der Waals surface area (Å²) >= 11 is 0. The van der Waals surface area contributed by atoms with Crippen molar-refractivity contribution < 1.29 is 0 Å². The van der Waals surface area contributed by atoms with Crippen LogP contribution in [0.2, 0.25) is 0 Å². The number of hydrogen-bond donors (Lipinski definition) is 0. The molecule has 0 aliphatic heterocycles. The van der Waals surface area contributed by atoms with Gasteiger partial charge in [-0.3, -0.25) is 0 Å². The molecule has 0 spiro atoms. The molecule has 2 aliphatic carbocycles. The van der Waals surface area contributed by atoms with Crippen molar-refractivity contribution in [2.45, 2.75) is 159 Å². The molecule has 0 fully saturated rings. The molecule has 0 bridgehead atoms. The fourth-order valence-corrected chi connectivity index (χ4v) is 6.96. The lowest BCUT2D eigenvalue weighted by Crippen LogP contribution is -2.20. The van der Waals surface area contributed by atoms with Crippen LogP contribution in [0.25, 0.3) is 0 Å². The zero-order valence-corrected chi connectivity index (χ0v) is 27.6. The Kier molecular flexibility index (Phi) is 14.4. The fraction of sp³-hybridized carbons (Fsp3) is 0.692. The van der Waals surface area contributed by atoms with Gasteiger partial charge < -0.3 is 0 Å². The molecule has 0 heteroatoms. The summed E-state index contributed by atoms with van der Waals surface area (Å²) in [6.45, 7) is 21.4. The Morgan fingerprint density at radius 1 is 0.769 bits per heavy atom. The van der Waals surface area contributed by atoms with E-state index in [1.807, 2.05) is 0 Å². The Labute approximate surface area is 244 Å². The van der Waals surface area contributed by atoms with Gasteiger partial charge in [0.25, 0.3) is 0 Å². The van der Waals surface area contributed by atoms with E-state index in [-0.39, 0.29) is 0 Å². The van der Waals surface area contributed by atoms with Gasteiger partial charge in [0, 0.05) is 0 Å². The predicted octanol–water partition coefficient (Wildman–Crippen LogP) is 13.2. The Bertz CT molecular complexity index is 937. The first-order chi connectivity index (χ1) is 18.4. The molecular weight excluding hydrogens is 468 g/mol. The second-order valence-electron chi connectivity index (χ2n) is 14.5. The van der Waals surface area contributed by atoms with E-state index in [0.717, 1.165) is 5.92 Å². The first-order valence-corrected chi connectivity index (χ1v) is 16.5. The summed E-state index contributed by atoms with van der Waals surface area (Å²) in [7, 11) is 0. The SMILES string of the molecule is CC1=C(/C=C/C(C)=C/C=C/C(C)=C/CCCCCCCC(C)CCC2=C(C)CCCC2(C)C)C(C)(C)CCC1. The van der Waals surface area contributed by atoms with Crippen molar-refractivity contribution in [3.05, 3.63) is 69.9 Å². The molecule has 220 valence electrons. The van der Waals surface area contributed by atoms with Gasteiger partial charge in [-0.15, -0.1) is 0 Å². The van der Waals surface area contributed by atoms with E-state index in [1.165, 1.54) is 107 Å². The third-order valence-corrected chi connectivity index (χ3v) is 9.71. The lowest BCUT2D eigenvalue weighted by Gasteiger charge is -2.35. The third kappa shape index (κ3) is 12.2. The van der Waals surface area contributed by atoms with Gasteiger partial charge in [0.15, 0.2) is 0 Å². The van der Waals surface area contributed by atoms with Gasteiger partial charge in [-0.25, -0.2) is 0 Å². The second-order valence-corrected chi connectivity index (χ2v) is 14.5. The average molecular weight is 533 g/mol. The van der Waals surface area contributed by atoms with Crippen molar-refractivity contribution in [3.8, 4) is 0 Å². The maximum atomic E-state index is 2.48. The molecule has 0 saturated carbocycles. The molecular formula is C39H64. The number of unbranched alkanes of at least 4 members (excludes halogenated alkanes) is 5. The molecule has 2 aliphatic rings. The van der Waals surface area contributed by atoms with Crippen LogP contribution in [0, 0.1) is 16.7 Å². The molecule has 0 aromatic heterocycles. The van der Waals surface area contributed by atoms with Crippen LogP contribution in [-0.2, 0) is 0 Å². The highest BCUT2D eigenvalue weighted by Gasteiger charge is 2.28. The maximum absolute atomic E-state index is 2.48. The lowest BCUT2D eigenvalue weighted by molar-refractivity contribution is 0.340. The van der Waals surface area contributed by atoms with Crippen LogP contribution in [0.3, 0.4) is 0 Å². The van der Waals surface area contributed by atoms with Gasteiger partial charge >= 0.3 is 0 Å². The number of hydrogen-bond acceptors (Lipinski definition) is 0. The van der Waals surface area contributed by atoms with Gasteiger partial charge in [0.1, 0.15) is 0 Å². The fourth-order valence-electron chi connectivity index (χ4n) is 6.96. The van der Waals surface area contributed by atoms with E-state index >= 15 is 0 Å². The summed E-state index contributed by atoms with van der Waals surface area (Å²) in [5.41, 5.74) is 10.1. The molecule has 1 atom stereocenters. The molecule has 0 saturated heterocycles. The molecule has 0 aromatic carbocycles. The highest BCUT2D eigenvalue weighted by molar-refractivity contribution is 5.37. The molecule has 39 heavy (non-hydrogen) atoms. The summed E-state index contributed by atoms with van der Waals surface area (Å²) in [6, 6.07) is 0. The van der Waals surface area contributed by atoms with Crippen molar-refractivity contribution in [3.63, 3.8) is 0 Å². The smallest absolute Gasteiger partial charge is 0.0104 e. The van der Waals surface area contributed by atoms with E-state index in [4.69, 9.17) is 0 Å². The van der Waals surface area contributed by atoms with Gasteiger partial charge in [-0.05, 0) is 114 Å². The van der Waals surface area contributed by atoms with Crippen molar-refractivity contribution in [1.29, 1.82) is 0 Å². The van der Waals surface area contributed by atoms with E-state index in [1.54, 1.807) is 22.3 Å². The quantitative estimate of drug-likeness (QED) is 0.112. The van der Waals surface area contributed by atoms with Gasteiger partial charge in [-0.1, -0.05) is 131 Å². The molecule has 0 aromatic rings.